The van der Waals surface area contributed by atoms with Gasteiger partial charge in [-0.15, -0.1) is 11.8 Å². The lowest BCUT2D eigenvalue weighted by Crippen LogP contribution is -2.32. The normalized spacial score (nSPS) is 23.4. The number of carbonyl (C=O) groups excluding carboxylic acids is 1. The Morgan fingerprint density at radius 2 is 2.10 bits per heavy atom. The molecule has 0 spiro atoms. The maximum absolute atomic E-state index is 12.7. The molecule has 1 aromatic carbocycles. The van der Waals surface area contributed by atoms with Gasteiger partial charge in [0.2, 0.25) is 5.91 Å². The van der Waals surface area contributed by atoms with E-state index in [1.165, 1.54) is 22.7 Å². The number of alkyl halides is 3. The lowest BCUT2D eigenvalue weighted by molar-refractivity contribution is -0.137. The smallest absolute Gasteiger partial charge is 0.395 e. The maximum atomic E-state index is 12.7. The molecular formula is C13H14F3NO2S. The van der Waals surface area contributed by atoms with Crippen LogP contribution in [0.3, 0.4) is 0 Å². The molecule has 7 heteroatoms. The summed E-state index contributed by atoms with van der Waals surface area (Å²) in [6, 6.07) is 4.98. The summed E-state index contributed by atoms with van der Waals surface area (Å²) in [4.78, 5) is 13.4. The number of hydrogen-bond donors (Lipinski definition) is 1. The average Bonchev–Trinajstić information content (AvgIpc) is 2.67. The topological polar surface area (TPSA) is 40.5 Å². The van der Waals surface area contributed by atoms with Crippen LogP contribution in [-0.4, -0.2) is 34.3 Å². The van der Waals surface area contributed by atoms with Gasteiger partial charge < -0.3 is 10.0 Å². The minimum atomic E-state index is -4.41. The predicted molar refractivity (Wildman–Crippen MR) is 70.0 cm³/mol. The number of aliphatic hydroxyl groups excluding tert-OH is 1. The number of nitrogens with zero attached hydrogens (tertiary/aromatic N) is 1. The molecular weight excluding hydrogens is 291 g/mol. The summed E-state index contributed by atoms with van der Waals surface area (Å²) >= 11 is 1.29. The Hall–Kier alpha value is -1.21. The SMILES string of the molecule is C[C@H]1S[C@H](c2cccc(C(F)(F)F)c2)N(CCO)C1=O. The van der Waals surface area contributed by atoms with Crippen molar-refractivity contribution in [2.45, 2.75) is 23.7 Å². The van der Waals surface area contributed by atoms with Crippen LogP contribution in [0.2, 0.25) is 0 Å². The summed E-state index contributed by atoms with van der Waals surface area (Å²) in [5.74, 6) is -0.161. The number of halogens is 3. The molecule has 0 radical (unpaired) electrons. The highest BCUT2D eigenvalue weighted by atomic mass is 32.2. The van der Waals surface area contributed by atoms with Crippen molar-refractivity contribution in [1.29, 1.82) is 0 Å². The third-order valence-electron chi connectivity index (χ3n) is 3.09. The monoisotopic (exact) mass is 305 g/mol. The third kappa shape index (κ3) is 2.93. The number of rotatable bonds is 3. The first-order chi connectivity index (χ1) is 9.34. The summed E-state index contributed by atoms with van der Waals surface area (Å²) in [5.41, 5.74) is -0.303. The summed E-state index contributed by atoms with van der Waals surface area (Å²) in [6.07, 6.45) is -4.41. The lowest BCUT2D eigenvalue weighted by Gasteiger charge is -2.23. The quantitative estimate of drug-likeness (QED) is 0.933. The summed E-state index contributed by atoms with van der Waals surface area (Å²) in [7, 11) is 0. The van der Waals surface area contributed by atoms with Gasteiger partial charge in [-0.05, 0) is 24.6 Å². The van der Waals surface area contributed by atoms with Crippen molar-refractivity contribution >= 4 is 17.7 Å². The fourth-order valence-corrected chi connectivity index (χ4v) is 3.43. The zero-order valence-electron chi connectivity index (χ0n) is 10.7. The van der Waals surface area contributed by atoms with Gasteiger partial charge in [0.1, 0.15) is 5.37 Å². The Labute approximate surface area is 118 Å². The van der Waals surface area contributed by atoms with Crippen LogP contribution < -0.4 is 0 Å². The zero-order valence-corrected chi connectivity index (χ0v) is 11.5. The summed E-state index contributed by atoms with van der Waals surface area (Å²) in [6.45, 7) is 1.62. The number of amides is 1. The molecule has 0 bridgehead atoms. The molecule has 0 aromatic heterocycles. The zero-order chi connectivity index (χ0) is 14.9. The van der Waals surface area contributed by atoms with E-state index in [1.54, 1.807) is 13.0 Å². The van der Waals surface area contributed by atoms with E-state index in [4.69, 9.17) is 5.11 Å². The molecule has 1 fully saturated rings. The van der Waals surface area contributed by atoms with Gasteiger partial charge in [0.15, 0.2) is 0 Å². The molecule has 0 saturated carbocycles. The van der Waals surface area contributed by atoms with Crippen molar-refractivity contribution in [3.8, 4) is 0 Å². The van der Waals surface area contributed by atoms with Crippen molar-refractivity contribution in [2.75, 3.05) is 13.2 Å². The Bertz CT molecular complexity index is 507. The van der Waals surface area contributed by atoms with Crippen LogP contribution in [0, 0.1) is 0 Å². The van der Waals surface area contributed by atoms with Crippen LogP contribution in [0.15, 0.2) is 24.3 Å². The molecule has 2 atom stereocenters. The fraction of sp³-hybridized carbons (Fsp3) is 0.462. The summed E-state index contributed by atoms with van der Waals surface area (Å²) < 4.78 is 38.2. The molecule has 110 valence electrons. The van der Waals surface area contributed by atoms with Crippen LogP contribution in [0.4, 0.5) is 13.2 Å². The number of thioether (sulfide) groups is 1. The molecule has 0 aliphatic carbocycles. The Kier molecular flexibility index (Phi) is 4.29. The maximum Gasteiger partial charge on any atom is 0.416 e. The molecule has 1 aliphatic heterocycles. The molecule has 1 amide bonds. The van der Waals surface area contributed by atoms with Crippen molar-refractivity contribution in [3.63, 3.8) is 0 Å². The number of carbonyl (C=O) groups is 1. The van der Waals surface area contributed by atoms with Crippen LogP contribution >= 0.6 is 11.8 Å². The van der Waals surface area contributed by atoms with E-state index in [0.717, 1.165) is 12.1 Å². The number of hydrogen-bond acceptors (Lipinski definition) is 3. The second-order valence-corrected chi connectivity index (χ2v) is 5.93. The molecule has 1 aliphatic rings. The first-order valence-electron chi connectivity index (χ1n) is 6.08. The Balaban J connectivity index is 2.33. The van der Waals surface area contributed by atoms with Crippen molar-refractivity contribution in [3.05, 3.63) is 35.4 Å². The minimum Gasteiger partial charge on any atom is -0.395 e. The van der Waals surface area contributed by atoms with Gasteiger partial charge in [0.05, 0.1) is 17.4 Å². The number of aliphatic hydroxyl groups is 1. The molecule has 3 nitrogen and oxygen atoms in total. The summed E-state index contributed by atoms with van der Waals surface area (Å²) in [5, 5.41) is 8.20. The van der Waals surface area contributed by atoms with Crippen molar-refractivity contribution in [1.82, 2.24) is 4.90 Å². The van der Waals surface area contributed by atoms with Crippen LogP contribution in [0.1, 0.15) is 23.4 Å². The molecule has 1 aromatic rings. The first kappa shape index (κ1) is 15.2. The molecule has 1 heterocycles. The van der Waals surface area contributed by atoms with Gasteiger partial charge in [-0.1, -0.05) is 12.1 Å². The van der Waals surface area contributed by atoms with E-state index in [-0.39, 0.29) is 24.3 Å². The third-order valence-corrected chi connectivity index (χ3v) is 4.48. The van der Waals surface area contributed by atoms with Crippen LogP contribution in [0.25, 0.3) is 0 Å². The van der Waals surface area contributed by atoms with Crippen LogP contribution in [0.5, 0.6) is 0 Å². The highest BCUT2D eigenvalue weighted by Crippen LogP contribution is 2.43. The van der Waals surface area contributed by atoms with E-state index in [2.05, 4.69) is 0 Å². The first-order valence-corrected chi connectivity index (χ1v) is 7.03. The van der Waals surface area contributed by atoms with E-state index < -0.39 is 17.1 Å². The second kappa shape index (κ2) is 5.65. The molecule has 1 N–H and O–H groups in total. The van der Waals surface area contributed by atoms with Gasteiger partial charge in [-0.2, -0.15) is 13.2 Å². The second-order valence-electron chi connectivity index (χ2n) is 4.51. The standard InChI is InChI=1S/C13H14F3NO2S/c1-8-11(19)17(5-6-18)12(20-8)9-3-2-4-10(7-9)13(14,15)16/h2-4,7-8,12,18H,5-6H2,1H3/t8-,12-/m1/s1. The van der Waals surface area contributed by atoms with E-state index in [1.807, 2.05) is 0 Å². The molecule has 2 rings (SSSR count). The molecule has 20 heavy (non-hydrogen) atoms. The van der Waals surface area contributed by atoms with Gasteiger partial charge in [-0.3, -0.25) is 4.79 Å². The largest absolute Gasteiger partial charge is 0.416 e. The average molecular weight is 305 g/mol. The Morgan fingerprint density at radius 1 is 1.40 bits per heavy atom. The van der Waals surface area contributed by atoms with Gasteiger partial charge in [-0.25, -0.2) is 0 Å². The number of benzene rings is 1. The van der Waals surface area contributed by atoms with Crippen molar-refractivity contribution < 1.29 is 23.1 Å². The highest BCUT2D eigenvalue weighted by molar-refractivity contribution is 8.01. The van der Waals surface area contributed by atoms with Crippen molar-refractivity contribution in [2.24, 2.45) is 0 Å². The van der Waals surface area contributed by atoms with Gasteiger partial charge in [0, 0.05) is 6.54 Å². The minimum absolute atomic E-state index is 0.122. The predicted octanol–water partition coefficient (Wildman–Crippen LogP) is 2.66. The highest BCUT2D eigenvalue weighted by Gasteiger charge is 2.39. The Morgan fingerprint density at radius 3 is 2.70 bits per heavy atom. The van der Waals surface area contributed by atoms with E-state index >= 15 is 0 Å². The number of β-amino-alcohol motifs (C(OH)–C–C–N with tert-alkyl or cyclic N) is 1. The van der Waals surface area contributed by atoms with E-state index in [9.17, 15) is 18.0 Å². The van der Waals surface area contributed by atoms with E-state index in [0.29, 0.717) is 5.56 Å². The molecule has 1 saturated heterocycles. The van der Waals surface area contributed by atoms with Gasteiger partial charge in [0.25, 0.3) is 0 Å². The van der Waals surface area contributed by atoms with Gasteiger partial charge >= 0.3 is 6.18 Å². The van der Waals surface area contributed by atoms with Crippen LogP contribution in [-0.2, 0) is 11.0 Å². The fourth-order valence-electron chi connectivity index (χ4n) is 2.14. The lowest BCUT2D eigenvalue weighted by atomic mass is 10.1. The molecule has 0 unspecified atom stereocenters.